The Morgan fingerprint density at radius 2 is 1.48 bits per heavy atom. The monoisotopic (exact) mass is 482 g/mol. The third kappa shape index (κ3) is 4.67. The highest BCUT2D eigenvalue weighted by atomic mass is 35.5. The van der Waals surface area contributed by atoms with Gasteiger partial charge in [0, 0.05) is 26.7 Å². The number of fused-ring (bicyclic) bond motifs is 1. The summed E-state index contributed by atoms with van der Waals surface area (Å²) >= 11 is 12.2. The van der Waals surface area contributed by atoms with Crippen LogP contribution in [0.5, 0.6) is 17.2 Å². The van der Waals surface area contributed by atoms with Crippen molar-refractivity contribution in [1.82, 2.24) is 4.98 Å². The van der Waals surface area contributed by atoms with Crippen LogP contribution in [-0.2, 0) is 0 Å². The zero-order chi connectivity index (χ0) is 23.5. The second kappa shape index (κ2) is 9.57. The van der Waals surface area contributed by atoms with Gasteiger partial charge in [-0.25, -0.2) is 4.98 Å². The molecule has 0 radical (unpaired) electrons. The van der Waals surface area contributed by atoms with Crippen LogP contribution in [0.3, 0.4) is 0 Å². The summed E-state index contributed by atoms with van der Waals surface area (Å²) in [6.07, 6.45) is 0. The maximum atomic E-state index is 13.3. The second-order valence-corrected chi connectivity index (χ2v) is 7.97. The number of anilines is 1. The quantitative estimate of drug-likeness (QED) is 0.340. The van der Waals surface area contributed by atoms with Crippen molar-refractivity contribution in [3.63, 3.8) is 0 Å². The molecule has 0 spiro atoms. The van der Waals surface area contributed by atoms with E-state index in [-0.39, 0.29) is 5.91 Å². The molecule has 1 aromatic heterocycles. The first-order chi connectivity index (χ1) is 15.9. The molecule has 168 valence electrons. The largest absolute Gasteiger partial charge is 0.493 e. The van der Waals surface area contributed by atoms with Crippen LogP contribution < -0.4 is 19.5 Å². The van der Waals surface area contributed by atoms with Crippen LogP contribution in [0.15, 0.2) is 60.7 Å². The van der Waals surface area contributed by atoms with Crippen LogP contribution in [0.4, 0.5) is 5.69 Å². The van der Waals surface area contributed by atoms with Crippen LogP contribution in [0.25, 0.3) is 22.2 Å². The average Bonchev–Trinajstić information content (AvgIpc) is 2.81. The molecule has 0 unspecified atom stereocenters. The highest BCUT2D eigenvalue weighted by Gasteiger charge is 2.18. The molecular weight excluding hydrogens is 463 g/mol. The van der Waals surface area contributed by atoms with Gasteiger partial charge < -0.3 is 19.5 Å². The molecule has 0 aliphatic rings. The van der Waals surface area contributed by atoms with E-state index in [4.69, 9.17) is 42.4 Å². The molecule has 33 heavy (non-hydrogen) atoms. The lowest BCUT2D eigenvalue weighted by atomic mass is 10.0. The zero-order valence-corrected chi connectivity index (χ0v) is 19.6. The fourth-order valence-corrected chi connectivity index (χ4v) is 4.09. The number of carbonyl (C=O) groups is 1. The van der Waals surface area contributed by atoms with E-state index in [1.165, 1.54) is 0 Å². The van der Waals surface area contributed by atoms with Crippen molar-refractivity contribution in [2.45, 2.75) is 0 Å². The van der Waals surface area contributed by atoms with Crippen molar-refractivity contribution in [3.8, 4) is 28.5 Å². The molecule has 4 aromatic rings. The van der Waals surface area contributed by atoms with Gasteiger partial charge in [0.05, 0.1) is 38.1 Å². The molecule has 0 saturated carbocycles. The summed E-state index contributed by atoms with van der Waals surface area (Å²) in [5.41, 5.74) is 2.88. The highest BCUT2D eigenvalue weighted by molar-refractivity contribution is 6.35. The van der Waals surface area contributed by atoms with Crippen molar-refractivity contribution in [3.05, 3.63) is 76.3 Å². The van der Waals surface area contributed by atoms with Crippen molar-refractivity contribution in [2.75, 3.05) is 26.6 Å². The minimum absolute atomic E-state index is 0.319. The first-order valence-electron chi connectivity index (χ1n) is 9.91. The van der Waals surface area contributed by atoms with Crippen molar-refractivity contribution in [2.24, 2.45) is 0 Å². The number of rotatable bonds is 6. The number of amides is 1. The number of methoxy groups -OCH3 is 3. The van der Waals surface area contributed by atoms with Crippen LogP contribution in [0, 0.1) is 0 Å². The summed E-state index contributed by atoms with van der Waals surface area (Å²) in [6.45, 7) is 0. The number of halogens is 2. The Hall–Kier alpha value is -3.48. The van der Waals surface area contributed by atoms with Gasteiger partial charge in [0.25, 0.3) is 5.91 Å². The number of nitrogens with zero attached hydrogens (tertiary/aromatic N) is 1. The van der Waals surface area contributed by atoms with Gasteiger partial charge in [-0.3, -0.25) is 4.79 Å². The van der Waals surface area contributed by atoms with Gasteiger partial charge in [-0.2, -0.15) is 0 Å². The van der Waals surface area contributed by atoms with E-state index in [1.807, 2.05) is 24.3 Å². The van der Waals surface area contributed by atoms with Gasteiger partial charge in [0.2, 0.25) is 5.75 Å². The third-order valence-corrected chi connectivity index (χ3v) is 5.48. The zero-order valence-electron chi connectivity index (χ0n) is 18.1. The predicted octanol–water partition coefficient (Wildman–Crippen LogP) is 6.49. The Labute approximate surface area is 201 Å². The SMILES string of the molecule is COc1cc(-c2cc(C(=O)Nc3cc(Cl)cc(Cl)c3)c3ccccc3n2)cc(OC)c1OC. The van der Waals surface area contributed by atoms with Gasteiger partial charge in [-0.1, -0.05) is 41.4 Å². The number of para-hydroxylation sites is 1. The summed E-state index contributed by atoms with van der Waals surface area (Å²) in [6, 6.07) is 17.6. The fourth-order valence-electron chi connectivity index (χ4n) is 3.56. The van der Waals surface area contributed by atoms with Crippen molar-refractivity contribution in [1.29, 1.82) is 0 Å². The molecule has 0 fully saturated rings. The van der Waals surface area contributed by atoms with E-state index in [1.54, 1.807) is 57.7 Å². The van der Waals surface area contributed by atoms with Gasteiger partial charge >= 0.3 is 0 Å². The molecule has 0 aliphatic heterocycles. The van der Waals surface area contributed by atoms with Crippen molar-refractivity contribution < 1.29 is 19.0 Å². The first-order valence-corrected chi connectivity index (χ1v) is 10.7. The van der Waals surface area contributed by atoms with E-state index in [9.17, 15) is 4.79 Å². The first kappa shape index (κ1) is 22.7. The molecule has 1 amide bonds. The lowest BCUT2D eigenvalue weighted by Crippen LogP contribution is -2.13. The van der Waals surface area contributed by atoms with Crippen LogP contribution >= 0.6 is 23.2 Å². The minimum Gasteiger partial charge on any atom is -0.493 e. The van der Waals surface area contributed by atoms with E-state index in [0.717, 1.165) is 0 Å². The van der Waals surface area contributed by atoms with Crippen LogP contribution in [0.1, 0.15) is 10.4 Å². The smallest absolute Gasteiger partial charge is 0.256 e. The molecule has 8 heteroatoms. The minimum atomic E-state index is -0.319. The van der Waals surface area contributed by atoms with Gasteiger partial charge in [-0.05, 0) is 42.5 Å². The lowest BCUT2D eigenvalue weighted by molar-refractivity contribution is 0.102. The number of carbonyl (C=O) groups excluding carboxylic acids is 1. The average molecular weight is 483 g/mol. The maximum Gasteiger partial charge on any atom is 0.256 e. The molecule has 4 rings (SSSR count). The van der Waals surface area contributed by atoms with E-state index >= 15 is 0 Å². The van der Waals surface area contributed by atoms with E-state index in [0.29, 0.717) is 60.7 Å². The van der Waals surface area contributed by atoms with Gasteiger partial charge in [0.15, 0.2) is 11.5 Å². The number of aromatic nitrogens is 1. The molecule has 3 aromatic carbocycles. The Kier molecular flexibility index (Phi) is 6.58. The Morgan fingerprint density at radius 3 is 2.09 bits per heavy atom. The van der Waals surface area contributed by atoms with E-state index in [2.05, 4.69) is 5.32 Å². The summed E-state index contributed by atoms with van der Waals surface area (Å²) in [7, 11) is 4.63. The maximum absolute atomic E-state index is 13.3. The number of nitrogens with one attached hydrogen (secondary N) is 1. The summed E-state index contributed by atoms with van der Waals surface area (Å²) in [5, 5.41) is 4.43. The highest BCUT2D eigenvalue weighted by Crippen LogP contribution is 2.41. The molecule has 0 atom stereocenters. The second-order valence-electron chi connectivity index (χ2n) is 7.10. The Morgan fingerprint density at radius 1 is 0.848 bits per heavy atom. The molecule has 6 nitrogen and oxygen atoms in total. The number of hydrogen-bond acceptors (Lipinski definition) is 5. The Bertz CT molecular complexity index is 1310. The van der Waals surface area contributed by atoms with Gasteiger partial charge in [-0.15, -0.1) is 0 Å². The van der Waals surface area contributed by atoms with Gasteiger partial charge in [0.1, 0.15) is 0 Å². The lowest BCUT2D eigenvalue weighted by Gasteiger charge is -2.15. The molecular formula is C25H20Cl2N2O4. The third-order valence-electron chi connectivity index (χ3n) is 5.04. The number of hydrogen-bond donors (Lipinski definition) is 1. The van der Waals surface area contributed by atoms with Crippen LogP contribution in [0.2, 0.25) is 10.0 Å². The van der Waals surface area contributed by atoms with Crippen LogP contribution in [-0.4, -0.2) is 32.2 Å². The molecule has 0 saturated heterocycles. The fraction of sp³-hybridized carbons (Fsp3) is 0.120. The molecule has 0 aliphatic carbocycles. The number of ether oxygens (including phenoxy) is 3. The normalized spacial score (nSPS) is 10.7. The Balaban J connectivity index is 1.85. The number of pyridine rings is 1. The summed E-state index contributed by atoms with van der Waals surface area (Å²) < 4.78 is 16.4. The van der Waals surface area contributed by atoms with E-state index < -0.39 is 0 Å². The standard InChI is InChI=1S/C25H20Cl2N2O4/c1-31-22-8-14(9-23(32-2)24(22)33-3)21-13-19(18-6-4-5-7-20(18)29-21)25(30)28-17-11-15(26)10-16(27)12-17/h4-13H,1-3H3,(H,28,30). The molecule has 1 N–H and O–H groups in total. The molecule has 1 heterocycles. The number of benzene rings is 3. The summed E-state index contributed by atoms with van der Waals surface area (Å²) in [5.74, 6) is 1.13. The predicted molar refractivity (Wildman–Crippen MR) is 131 cm³/mol. The molecule has 0 bridgehead atoms. The topological polar surface area (TPSA) is 69.7 Å². The van der Waals surface area contributed by atoms with Crippen molar-refractivity contribution >= 4 is 45.7 Å². The summed E-state index contributed by atoms with van der Waals surface area (Å²) in [4.78, 5) is 18.0.